The minimum Gasteiger partial charge on any atom is -0.343 e. The van der Waals surface area contributed by atoms with Gasteiger partial charge in [-0.1, -0.05) is 6.07 Å². The molecule has 134 valence electrons. The van der Waals surface area contributed by atoms with Crippen molar-refractivity contribution in [3.05, 3.63) is 29.6 Å². The summed E-state index contributed by atoms with van der Waals surface area (Å²) in [6, 6.07) is 3.69. The number of aryl methyl sites for hydroxylation is 1. The molecule has 0 saturated carbocycles. The molecule has 1 saturated heterocycles. The van der Waals surface area contributed by atoms with E-state index in [0.29, 0.717) is 13.1 Å². The van der Waals surface area contributed by atoms with Gasteiger partial charge in [-0.05, 0) is 50.8 Å². The summed E-state index contributed by atoms with van der Waals surface area (Å²) >= 11 is 0. The first-order valence-corrected chi connectivity index (χ1v) is 8.44. The zero-order valence-corrected chi connectivity index (χ0v) is 14.6. The Labute approximate surface area is 147 Å². The van der Waals surface area contributed by atoms with Crippen molar-refractivity contribution in [2.75, 3.05) is 24.5 Å². The quantitative estimate of drug-likeness (QED) is 0.653. The highest BCUT2D eigenvalue weighted by Gasteiger charge is 2.24. The third-order valence-corrected chi connectivity index (χ3v) is 4.23. The maximum atomic E-state index is 13.9. The number of nitrogens with one attached hydrogen (secondary N) is 1. The summed E-state index contributed by atoms with van der Waals surface area (Å²) in [7, 11) is 0. The van der Waals surface area contributed by atoms with Gasteiger partial charge in [0.2, 0.25) is 11.8 Å². The van der Waals surface area contributed by atoms with Gasteiger partial charge in [-0.2, -0.15) is 5.26 Å². The highest BCUT2D eigenvalue weighted by molar-refractivity contribution is 5.89. The lowest BCUT2D eigenvalue weighted by Gasteiger charge is -2.29. The largest absolute Gasteiger partial charge is 0.343 e. The third-order valence-electron chi connectivity index (χ3n) is 4.23. The summed E-state index contributed by atoms with van der Waals surface area (Å²) < 4.78 is 13.9. The van der Waals surface area contributed by atoms with Crippen LogP contribution < -0.4 is 10.2 Å². The predicted molar refractivity (Wildman–Crippen MR) is 92.1 cm³/mol. The molecular formula is C18H23FN4O2. The molecule has 1 fully saturated rings. The molecule has 1 heterocycles. The number of halogens is 1. The Hall–Kier alpha value is -2.62. The molecule has 1 aliphatic heterocycles. The van der Waals surface area contributed by atoms with Crippen LogP contribution in [0.2, 0.25) is 0 Å². The average Bonchev–Trinajstić information content (AvgIpc) is 2.61. The van der Waals surface area contributed by atoms with Crippen LogP contribution in [0.15, 0.2) is 18.2 Å². The summed E-state index contributed by atoms with van der Waals surface area (Å²) in [6.45, 7) is 4.47. The molecule has 1 atom stereocenters. The van der Waals surface area contributed by atoms with Crippen molar-refractivity contribution in [3.8, 4) is 6.19 Å². The van der Waals surface area contributed by atoms with Crippen molar-refractivity contribution in [1.82, 2.24) is 10.2 Å². The van der Waals surface area contributed by atoms with E-state index in [-0.39, 0.29) is 18.1 Å². The summed E-state index contributed by atoms with van der Waals surface area (Å²) in [5.74, 6) is -1.20. The number of anilines is 1. The second-order valence-electron chi connectivity index (χ2n) is 6.32. The van der Waals surface area contributed by atoms with Crippen molar-refractivity contribution in [1.29, 1.82) is 5.26 Å². The number of nitrogens with zero attached hydrogens (tertiary/aromatic N) is 3. The first-order valence-electron chi connectivity index (χ1n) is 8.44. The number of amides is 2. The molecule has 2 amide bonds. The number of nitriles is 1. The number of benzene rings is 1. The molecule has 25 heavy (non-hydrogen) atoms. The van der Waals surface area contributed by atoms with Gasteiger partial charge in [0.1, 0.15) is 18.4 Å². The van der Waals surface area contributed by atoms with Gasteiger partial charge in [0, 0.05) is 13.1 Å². The molecule has 0 bridgehead atoms. The van der Waals surface area contributed by atoms with Crippen molar-refractivity contribution in [3.63, 3.8) is 0 Å². The minimum absolute atomic E-state index is 0.0488. The normalized spacial score (nSPS) is 15.2. The van der Waals surface area contributed by atoms with Crippen LogP contribution in [0.3, 0.4) is 0 Å². The number of piperidine rings is 1. The molecule has 0 spiro atoms. The monoisotopic (exact) mass is 346 g/mol. The van der Waals surface area contributed by atoms with Gasteiger partial charge in [0.25, 0.3) is 0 Å². The molecule has 0 radical (unpaired) electrons. The smallest absolute Gasteiger partial charge is 0.244 e. The van der Waals surface area contributed by atoms with Gasteiger partial charge in [0.05, 0.1) is 5.69 Å². The summed E-state index contributed by atoms with van der Waals surface area (Å²) in [5.41, 5.74) is 0.832. The number of likely N-dealkylation sites (tertiary alicyclic amines) is 1. The number of rotatable bonds is 5. The van der Waals surface area contributed by atoms with Gasteiger partial charge in [-0.25, -0.2) is 4.39 Å². The number of carbonyl (C=O) groups is 2. The second-order valence-corrected chi connectivity index (χ2v) is 6.32. The van der Waals surface area contributed by atoms with Crippen LogP contribution in [-0.4, -0.2) is 42.4 Å². The van der Waals surface area contributed by atoms with Crippen LogP contribution in [-0.2, 0) is 9.59 Å². The van der Waals surface area contributed by atoms with Crippen molar-refractivity contribution in [2.45, 2.75) is 39.2 Å². The Morgan fingerprint density at radius 1 is 1.36 bits per heavy atom. The first kappa shape index (κ1) is 18.7. The van der Waals surface area contributed by atoms with Crippen LogP contribution in [0.5, 0.6) is 0 Å². The summed E-state index contributed by atoms with van der Waals surface area (Å²) in [6.07, 6.45) is 4.88. The SMILES string of the molecule is Cc1ccc(F)c(N(C#N)CC(=O)N[C@@H](C)C(=O)N2CCCCC2)c1. The lowest BCUT2D eigenvalue weighted by atomic mass is 10.1. The van der Waals surface area contributed by atoms with E-state index in [1.165, 1.54) is 12.1 Å². The van der Waals surface area contributed by atoms with E-state index in [1.54, 1.807) is 24.8 Å². The van der Waals surface area contributed by atoms with Gasteiger partial charge in [0.15, 0.2) is 6.19 Å². The second kappa shape index (κ2) is 8.47. The van der Waals surface area contributed by atoms with Crippen LogP contribution in [0.4, 0.5) is 10.1 Å². The van der Waals surface area contributed by atoms with E-state index < -0.39 is 17.8 Å². The fraction of sp³-hybridized carbons (Fsp3) is 0.500. The van der Waals surface area contributed by atoms with Gasteiger partial charge >= 0.3 is 0 Å². The Morgan fingerprint density at radius 3 is 2.68 bits per heavy atom. The molecule has 0 unspecified atom stereocenters. The minimum atomic E-state index is -0.673. The molecule has 1 aromatic rings. The lowest BCUT2D eigenvalue weighted by Crippen LogP contribution is -2.50. The summed E-state index contributed by atoms with van der Waals surface area (Å²) in [5, 5.41) is 11.8. The fourth-order valence-corrected chi connectivity index (χ4v) is 2.88. The molecule has 7 heteroatoms. The predicted octanol–water partition coefficient (Wildman–Crippen LogP) is 1.94. The Morgan fingerprint density at radius 2 is 2.04 bits per heavy atom. The van der Waals surface area contributed by atoms with Crippen LogP contribution in [0.25, 0.3) is 0 Å². The van der Waals surface area contributed by atoms with Gasteiger partial charge in [-0.15, -0.1) is 0 Å². The average molecular weight is 346 g/mol. The number of carbonyl (C=O) groups excluding carboxylic acids is 2. The Kier molecular flexibility index (Phi) is 6.34. The molecule has 1 N–H and O–H groups in total. The molecule has 1 aromatic carbocycles. The Bertz CT molecular complexity index is 680. The van der Waals surface area contributed by atoms with E-state index in [4.69, 9.17) is 0 Å². The van der Waals surface area contributed by atoms with Gasteiger partial charge in [-0.3, -0.25) is 14.5 Å². The lowest BCUT2D eigenvalue weighted by molar-refractivity contribution is -0.136. The molecule has 6 nitrogen and oxygen atoms in total. The molecule has 0 aliphatic carbocycles. The van der Waals surface area contributed by atoms with E-state index in [0.717, 1.165) is 29.7 Å². The van der Waals surface area contributed by atoms with Crippen LogP contribution in [0.1, 0.15) is 31.7 Å². The van der Waals surface area contributed by atoms with E-state index >= 15 is 0 Å². The zero-order valence-electron chi connectivity index (χ0n) is 14.6. The highest BCUT2D eigenvalue weighted by atomic mass is 19.1. The maximum absolute atomic E-state index is 13.9. The van der Waals surface area contributed by atoms with E-state index in [1.807, 2.05) is 6.19 Å². The van der Waals surface area contributed by atoms with Crippen molar-refractivity contribution >= 4 is 17.5 Å². The standard InChI is InChI=1S/C18H23FN4O2/c1-13-6-7-15(19)16(10-13)23(12-20)11-17(24)21-14(2)18(25)22-8-4-3-5-9-22/h6-7,10,14H,3-5,8-9,11H2,1-2H3,(H,21,24)/t14-/m0/s1. The van der Waals surface area contributed by atoms with Crippen LogP contribution >= 0.6 is 0 Å². The van der Waals surface area contributed by atoms with Crippen molar-refractivity contribution < 1.29 is 14.0 Å². The fourth-order valence-electron chi connectivity index (χ4n) is 2.88. The van der Waals surface area contributed by atoms with Gasteiger partial charge < -0.3 is 10.2 Å². The zero-order chi connectivity index (χ0) is 18.4. The van der Waals surface area contributed by atoms with Crippen LogP contribution in [0, 0.1) is 24.2 Å². The molecule has 2 rings (SSSR count). The first-order chi connectivity index (χ1) is 11.9. The maximum Gasteiger partial charge on any atom is 0.244 e. The highest BCUT2D eigenvalue weighted by Crippen LogP contribution is 2.20. The molecular weight excluding hydrogens is 323 g/mol. The topological polar surface area (TPSA) is 76.4 Å². The molecule has 0 aromatic heterocycles. The van der Waals surface area contributed by atoms with E-state index in [2.05, 4.69) is 5.32 Å². The number of hydrogen-bond acceptors (Lipinski definition) is 4. The summed E-state index contributed by atoms with van der Waals surface area (Å²) in [4.78, 5) is 27.2. The van der Waals surface area contributed by atoms with Crippen molar-refractivity contribution in [2.24, 2.45) is 0 Å². The Balaban J connectivity index is 1.96. The third kappa shape index (κ3) is 4.92. The molecule has 1 aliphatic rings. The van der Waals surface area contributed by atoms with E-state index in [9.17, 15) is 19.2 Å². The number of hydrogen-bond donors (Lipinski definition) is 1.